The zero-order valence-corrected chi connectivity index (χ0v) is 6.06. The van der Waals surface area contributed by atoms with E-state index in [4.69, 9.17) is 5.11 Å². The third-order valence-corrected chi connectivity index (χ3v) is 1.54. The van der Waals surface area contributed by atoms with E-state index in [2.05, 4.69) is 17.6 Å². The quantitative estimate of drug-likeness (QED) is 0.564. The summed E-state index contributed by atoms with van der Waals surface area (Å²) in [5.41, 5.74) is 0.950. The maximum absolute atomic E-state index is 10.4. The van der Waals surface area contributed by atoms with Gasteiger partial charge in [0.2, 0.25) is 0 Å². The van der Waals surface area contributed by atoms with Crippen LogP contribution in [0.4, 0.5) is 0 Å². The van der Waals surface area contributed by atoms with Gasteiger partial charge in [0.15, 0.2) is 0 Å². The largest absolute Gasteiger partial charge is 0.478 e. The summed E-state index contributed by atoms with van der Waals surface area (Å²) in [6, 6.07) is 1.52. The van der Waals surface area contributed by atoms with E-state index in [1.807, 2.05) is 0 Å². The maximum atomic E-state index is 10.4. The first-order chi connectivity index (χ1) is 4.75. The number of hydrogen-bond donors (Lipinski definition) is 3. The van der Waals surface area contributed by atoms with Gasteiger partial charge >= 0.3 is 5.97 Å². The van der Waals surface area contributed by atoms with Crippen LogP contribution in [-0.2, 0) is 5.75 Å². The molecule has 0 aliphatic heterocycles. The molecule has 10 heavy (non-hydrogen) atoms. The molecule has 0 saturated heterocycles. The van der Waals surface area contributed by atoms with Crippen molar-refractivity contribution in [1.82, 2.24) is 4.98 Å². The Labute approximate surface area is 63.5 Å². The Kier molecular flexibility index (Phi) is 2.01. The van der Waals surface area contributed by atoms with E-state index in [1.165, 1.54) is 6.07 Å². The number of carboxylic acids is 1. The highest BCUT2D eigenvalue weighted by molar-refractivity contribution is 7.79. The maximum Gasteiger partial charge on any atom is 0.337 e. The number of hydrogen-bond acceptors (Lipinski definition) is 2. The van der Waals surface area contributed by atoms with E-state index in [0.29, 0.717) is 17.0 Å². The van der Waals surface area contributed by atoms with Gasteiger partial charge < -0.3 is 10.1 Å². The van der Waals surface area contributed by atoms with Crippen molar-refractivity contribution in [2.75, 3.05) is 0 Å². The van der Waals surface area contributed by atoms with E-state index in [-0.39, 0.29) is 0 Å². The first kappa shape index (κ1) is 7.21. The van der Waals surface area contributed by atoms with Crippen molar-refractivity contribution < 1.29 is 9.90 Å². The second-order valence-electron chi connectivity index (χ2n) is 1.83. The molecule has 0 fully saturated rings. The molecule has 0 radical (unpaired) electrons. The predicted molar refractivity (Wildman–Crippen MR) is 40.4 cm³/mol. The number of aromatic amines is 1. The van der Waals surface area contributed by atoms with Gasteiger partial charge in [-0.25, -0.2) is 4.79 Å². The Hall–Kier alpha value is -0.900. The van der Waals surface area contributed by atoms with Crippen LogP contribution in [0.1, 0.15) is 16.1 Å². The van der Waals surface area contributed by atoms with Gasteiger partial charge in [-0.2, -0.15) is 12.6 Å². The van der Waals surface area contributed by atoms with Gasteiger partial charge in [-0.05, 0) is 6.07 Å². The molecule has 0 saturated carbocycles. The summed E-state index contributed by atoms with van der Waals surface area (Å²) in [5, 5.41) is 8.53. The van der Waals surface area contributed by atoms with Crippen LogP contribution in [0.25, 0.3) is 0 Å². The normalized spacial score (nSPS) is 9.70. The minimum absolute atomic E-state index is 0.301. The van der Waals surface area contributed by atoms with Crippen molar-refractivity contribution in [3.05, 3.63) is 23.5 Å². The number of carbonyl (C=O) groups is 1. The van der Waals surface area contributed by atoms with Crippen molar-refractivity contribution in [3.8, 4) is 0 Å². The first-order valence-electron chi connectivity index (χ1n) is 2.76. The molecular formula is C6H7NO2S. The molecule has 0 aliphatic carbocycles. The second kappa shape index (κ2) is 2.79. The van der Waals surface area contributed by atoms with E-state index in [0.717, 1.165) is 0 Å². The summed E-state index contributed by atoms with van der Waals surface area (Å²) in [7, 11) is 0. The SMILES string of the molecule is O=C(O)c1cc[nH]c1CS. The summed E-state index contributed by atoms with van der Waals surface area (Å²) < 4.78 is 0. The highest BCUT2D eigenvalue weighted by atomic mass is 32.1. The van der Waals surface area contributed by atoms with Crippen molar-refractivity contribution in [2.45, 2.75) is 5.75 Å². The standard InChI is InChI=1S/C6H7NO2S/c8-6(9)4-1-2-7-5(4)3-10/h1-2,7,10H,3H2,(H,8,9). The molecule has 54 valence electrons. The lowest BCUT2D eigenvalue weighted by molar-refractivity contribution is 0.0696. The minimum atomic E-state index is -0.912. The first-order valence-corrected chi connectivity index (χ1v) is 3.39. The number of H-pyrrole nitrogens is 1. The molecule has 0 aliphatic rings. The fraction of sp³-hybridized carbons (Fsp3) is 0.167. The van der Waals surface area contributed by atoms with Crippen molar-refractivity contribution in [3.63, 3.8) is 0 Å². The Morgan fingerprint density at radius 3 is 2.90 bits per heavy atom. The van der Waals surface area contributed by atoms with E-state index >= 15 is 0 Å². The van der Waals surface area contributed by atoms with E-state index < -0.39 is 5.97 Å². The molecular weight excluding hydrogens is 150 g/mol. The summed E-state index contributed by atoms with van der Waals surface area (Å²) in [4.78, 5) is 13.2. The molecule has 1 heterocycles. The second-order valence-corrected chi connectivity index (χ2v) is 2.15. The lowest BCUT2D eigenvalue weighted by Crippen LogP contribution is -1.97. The minimum Gasteiger partial charge on any atom is -0.478 e. The molecule has 0 unspecified atom stereocenters. The molecule has 3 nitrogen and oxygen atoms in total. The number of aromatic nitrogens is 1. The number of rotatable bonds is 2. The van der Waals surface area contributed by atoms with Crippen LogP contribution >= 0.6 is 12.6 Å². The molecule has 4 heteroatoms. The molecule has 2 N–H and O–H groups in total. The van der Waals surface area contributed by atoms with Gasteiger partial charge in [-0.15, -0.1) is 0 Å². The molecule has 0 aromatic carbocycles. The average Bonchev–Trinajstić information content (AvgIpc) is 2.33. The lowest BCUT2D eigenvalue weighted by atomic mass is 10.3. The zero-order chi connectivity index (χ0) is 7.56. The van der Waals surface area contributed by atoms with Gasteiger partial charge in [0.1, 0.15) is 0 Å². The van der Waals surface area contributed by atoms with Crippen molar-refractivity contribution >= 4 is 18.6 Å². The monoisotopic (exact) mass is 157 g/mol. The van der Waals surface area contributed by atoms with E-state index in [1.54, 1.807) is 6.20 Å². The highest BCUT2D eigenvalue weighted by Crippen LogP contribution is 2.08. The summed E-state index contributed by atoms with van der Waals surface area (Å²) >= 11 is 3.95. The van der Waals surface area contributed by atoms with Gasteiger partial charge in [0.05, 0.1) is 5.56 Å². The molecule has 1 aromatic rings. The lowest BCUT2D eigenvalue weighted by Gasteiger charge is -1.91. The summed E-state index contributed by atoms with van der Waals surface area (Å²) in [6.07, 6.45) is 1.59. The summed E-state index contributed by atoms with van der Waals surface area (Å²) in [6.45, 7) is 0. The molecule has 1 aromatic heterocycles. The van der Waals surface area contributed by atoms with Gasteiger partial charge in [-0.3, -0.25) is 0 Å². The van der Waals surface area contributed by atoms with E-state index in [9.17, 15) is 4.79 Å². The van der Waals surface area contributed by atoms with Crippen molar-refractivity contribution in [2.24, 2.45) is 0 Å². The fourth-order valence-corrected chi connectivity index (χ4v) is 0.997. The fourth-order valence-electron chi connectivity index (χ4n) is 0.735. The Balaban J connectivity index is 3.01. The molecule has 1 rings (SSSR count). The molecule has 0 bridgehead atoms. The third-order valence-electron chi connectivity index (χ3n) is 1.22. The molecule has 0 spiro atoms. The van der Waals surface area contributed by atoms with Crippen LogP contribution in [0.2, 0.25) is 0 Å². The average molecular weight is 157 g/mol. The van der Waals surface area contributed by atoms with Gasteiger partial charge in [0.25, 0.3) is 0 Å². The van der Waals surface area contributed by atoms with Crippen LogP contribution in [0.3, 0.4) is 0 Å². The third kappa shape index (κ3) is 1.16. The number of thiol groups is 1. The Morgan fingerprint density at radius 1 is 1.80 bits per heavy atom. The van der Waals surface area contributed by atoms with Crippen LogP contribution in [0, 0.1) is 0 Å². The predicted octanol–water partition coefficient (Wildman–Crippen LogP) is 1.14. The topological polar surface area (TPSA) is 53.1 Å². The summed E-state index contributed by atoms with van der Waals surface area (Å²) in [5.74, 6) is -0.487. The number of aromatic carboxylic acids is 1. The Morgan fingerprint density at radius 2 is 2.50 bits per heavy atom. The van der Waals surface area contributed by atoms with Crippen molar-refractivity contribution in [1.29, 1.82) is 0 Å². The molecule has 0 atom stereocenters. The number of nitrogens with one attached hydrogen (secondary N) is 1. The highest BCUT2D eigenvalue weighted by Gasteiger charge is 2.07. The number of carboxylic acid groups (broad SMARTS) is 1. The molecule has 0 amide bonds. The van der Waals surface area contributed by atoms with Crippen LogP contribution in [-0.4, -0.2) is 16.1 Å². The zero-order valence-electron chi connectivity index (χ0n) is 5.16. The van der Waals surface area contributed by atoms with Gasteiger partial charge in [0, 0.05) is 17.6 Å². The van der Waals surface area contributed by atoms with Crippen LogP contribution < -0.4 is 0 Å². The smallest absolute Gasteiger partial charge is 0.337 e. The van der Waals surface area contributed by atoms with Crippen LogP contribution in [0.15, 0.2) is 12.3 Å². The Bertz CT molecular complexity index is 244. The van der Waals surface area contributed by atoms with Crippen LogP contribution in [0.5, 0.6) is 0 Å². The van der Waals surface area contributed by atoms with Gasteiger partial charge in [-0.1, -0.05) is 0 Å².